The number of alkyl halides is 3. The molecular formula is C27H37Br3N2O10. The van der Waals surface area contributed by atoms with E-state index < -0.39 is 92.1 Å². The zero-order chi connectivity index (χ0) is 32.1. The second kappa shape index (κ2) is 14.3. The maximum atomic E-state index is 13.1. The van der Waals surface area contributed by atoms with Gasteiger partial charge >= 0.3 is 17.9 Å². The van der Waals surface area contributed by atoms with Crippen LogP contribution in [0.4, 0.5) is 0 Å². The van der Waals surface area contributed by atoms with Gasteiger partial charge in [-0.05, 0) is 41.5 Å². The van der Waals surface area contributed by atoms with E-state index in [0.29, 0.717) is 6.29 Å². The summed E-state index contributed by atoms with van der Waals surface area (Å²) in [6.45, 7) is 7.73. The Bertz CT molecular complexity index is 1020. The zero-order valence-corrected chi connectivity index (χ0v) is 29.1. The summed E-state index contributed by atoms with van der Waals surface area (Å²) in [6.07, 6.45) is 2.98. The average molecular weight is 789 g/mol. The first-order valence-electron chi connectivity index (χ1n) is 13.2. The first kappa shape index (κ1) is 36.4. The molecule has 4 atom stereocenters. The summed E-state index contributed by atoms with van der Waals surface area (Å²) in [4.78, 5) is 75.1. The second-order valence-electron chi connectivity index (χ2n) is 11.7. The van der Waals surface area contributed by atoms with Crippen molar-refractivity contribution in [1.82, 2.24) is 10.6 Å². The fraction of sp³-hybridized carbons (Fsp3) is 0.704. The van der Waals surface area contributed by atoms with Gasteiger partial charge in [-0.1, -0.05) is 59.9 Å². The van der Waals surface area contributed by atoms with Crippen molar-refractivity contribution in [3.63, 3.8) is 0 Å². The highest BCUT2D eigenvalue weighted by Crippen LogP contribution is 2.38. The van der Waals surface area contributed by atoms with Gasteiger partial charge in [-0.2, -0.15) is 0 Å². The lowest BCUT2D eigenvalue weighted by Crippen LogP contribution is -2.60. The molecule has 0 radical (unpaired) electrons. The number of esters is 3. The predicted octanol–water partition coefficient (Wildman–Crippen LogP) is 2.27. The van der Waals surface area contributed by atoms with Gasteiger partial charge in [0.15, 0.2) is 0 Å². The molecule has 2 heterocycles. The second-order valence-corrected chi connectivity index (χ2v) is 17.7. The van der Waals surface area contributed by atoms with Gasteiger partial charge in [-0.25, -0.2) is 0 Å². The zero-order valence-electron chi connectivity index (χ0n) is 24.3. The van der Waals surface area contributed by atoms with E-state index >= 15 is 0 Å². The predicted molar refractivity (Wildman–Crippen MR) is 161 cm³/mol. The smallest absolute Gasteiger partial charge is 0.322 e. The van der Waals surface area contributed by atoms with Crippen LogP contribution in [0.3, 0.4) is 0 Å². The highest BCUT2D eigenvalue weighted by Gasteiger charge is 2.49. The Morgan fingerprint density at radius 2 is 1.21 bits per heavy atom. The third-order valence-corrected chi connectivity index (χ3v) is 7.33. The summed E-state index contributed by atoms with van der Waals surface area (Å²) in [5.74, 6) is -4.41. The van der Waals surface area contributed by atoms with E-state index in [-0.39, 0.29) is 13.0 Å². The lowest BCUT2D eigenvalue weighted by Gasteiger charge is -2.35. The molecule has 0 aromatic carbocycles. The Balaban J connectivity index is 2.19. The van der Waals surface area contributed by atoms with Gasteiger partial charge in [0.2, 0.25) is 11.8 Å². The SMILES string of the molecule is CC(C)(Br)C(=O)OCC(COC(=O)C(C)(C)Br)(COC(=O)C(C)(C)Br)NC(=O)CCNC(=O)[C@H]1C2C=CC(O2)[C@H]1C=O. The number of fused-ring (bicyclic) bond motifs is 2. The van der Waals surface area contributed by atoms with Gasteiger partial charge in [-0.3, -0.25) is 24.0 Å². The van der Waals surface area contributed by atoms with Crippen molar-refractivity contribution in [2.45, 2.75) is 78.7 Å². The largest absolute Gasteiger partial charge is 0.462 e. The quantitative estimate of drug-likeness (QED) is 0.0828. The minimum atomic E-state index is -1.68. The number of aldehydes is 1. The maximum Gasteiger partial charge on any atom is 0.322 e. The number of hydrogen-bond donors (Lipinski definition) is 2. The Morgan fingerprint density at radius 3 is 1.62 bits per heavy atom. The molecule has 2 aliphatic rings. The summed E-state index contributed by atoms with van der Waals surface area (Å²) < 4.78 is 18.7. The van der Waals surface area contributed by atoms with Crippen LogP contribution in [0.25, 0.3) is 0 Å². The van der Waals surface area contributed by atoms with Crippen molar-refractivity contribution < 1.29 is 47.7 Å². The van der Waals surface area contributed by atoms with E-state index in [0.717, 1.165) is 0 Å². The van der Waals surface area contributed by atoms with E-state index in [2.05, 4.69) is 58.4 Å². The molecular weight excluding hydrogens is 752 g/mol. The van der Waals surface area contributed by atoms with Crippen molar-refractivity contribution in [3.05, 3.63) is 12.2 Å². The molecule has 2 N–H and O–H groups in total. The van der Waals surface area contributed by atoms with Crippen molar-refractivity contribution >= 4 is 83.8 Å². The molecule has 0 saturated carbocycles. The summed E-state index contributed by atoms with van der Waals surface area (Å²) in [5, 5.41) is 5.33. The van der Waals surface area contributed by atoms with E-state index in [4.69, 9.17) is 18.9 Å². The van der Waals surface area contributed by atoms with Gasteiger partial charge in [0, 0.05) is 13.0 Å². The lowest BCUT2D eigenvalue weighted by molar-refractivity contribution is -0.161. The molecule has 236 valence electrons. The van der Waals surface area contributed by atoms with Gasteiger partial charge in [-0.15, -0.1) is 0 Å². The molecule has 0 spiro atoms. The molecule has 1 fully saturated rings. The Hall–Kier alpha value is -1.84. The average Bonchev–Trinajstić information content (AvgIpc) is 3.48. The topological polar surface area (TPSA) is 163 Å². The summed E-state index contributed by atoms with van der Waals surface area (Å²) in [7, 11) is 0. The van der Waals surface area contributed by atoms with Gasteiger partial charge in [0.05, 0.1) is 24.0 Å². The van der Waals surface area contributed by atoms with E-state index in [1.54, 1.807) is 53.7 Å². The van der Waals surface area contributed by atoms with E-state index in [9.17, 15) is 28.8 Å². The lowest BCUT2D eigenvalue weighted by atomic mass is 9.83. The Kier molecular flexibility index (Phi) is 12.4. The van der Waals surface area contributed by atoms with Crippen LogP contribution in [0.5, 0.6) is 0 Å². The third-order valence-electron chi connectivity index (χ3n) is 6.36. The number of carbonyl (C=O) groups is 6. The number of ether oxygens (including phenoxy) is 4. The normalized spacial score (nSPS) is 21.8. The number of carbonyl (C=O) groups excluding carboxylic acids is 6. The molecule has 2 rings (SSSR count). The van der Waals surface area contributed by atoms with Crippen LogP contribution in [0, 0.1) is 11.8 Å². The first-order chi connectivity index (χ1) is 19.2. The molecule has 2 aliphatic heterocycles. The Morgan fingerprint density at radius 1 is 0.786 bits per heavy atom. The third kappa shape index (κ3) is 10.1. The van der Waals surface area contributed by atoms with Crippen LogP contribution in [-0.4, -0.2) is 93.1 Å². The maximum absolute atomic E-state index is 13.1. The number of rotatable bonds is 15. The fourth-order valence-corrected chi connectivity index (χ4v) is 4.30. The molecule has 0 aromatic rings. The first-order valence-corrected chi connectivity index (χ1v) is 15.5. The van der Waals surface area contributed by atoms with Crippen LogP contribution < -0.4 is 10.6 Å². The number of hydrogen-bond acceptors (Lipinski definition) is 10. The van der Waals surface area contributed by atoms with Crippen molar-refractivity contribution in [3.8, 4) is 0 Å². The minimum absolute atomic E-state index is 0.0966. The highest BCUT2D eigenvalue weighted by molar-refractivity contribution is 9.10. The van der Waals surface area contributed by atoms with Crippen LogP contribution in [-0.2, 0) is 47.7 Å². The number of nitrogens with one attached hydrogen (secondary N) is 2. The minimum Gasteiger partial charge on any atom is -0.462 e. The molecule has 0 aromatic heterocycles. The van der Waals surface area contributed by atoms with E-state index in [1.165, 1.54) is 0 Å². The fourth-order valence-electron chi connectivity index (χ4n) is 3.96. The van der Waals surface area contributed by atoms with Crippen molar-refractivity contribution in [2.75, 3.05) is 26.4 Å². The van der Waals surface area contributed by atoms with Crippen LogP contribution in [0.1, 0.15) is 48.0 Å². The molecule has 2 unspecified atom stereocenters. The summed E-state index contributed by atoms with van der Waals surface area (Å²) >= 11 is 9.65. The van der Waals surface area contributed by atoms with Gasteiger partial charge in [0.25, 0.3) is 0 Å². The molecule has 2 amide bonds. The molecule has 42 heavy (non-hydrogen) atoms. The monoisotopic (exact) mass is 786 g/mol. The van der Waals surface area contributed by atoms with Crippen LogP contribution >= 0.6 is 47.8 Å². The molecule has 0 aliphatic carbocycles. The molecule has 1 saturated heterocycles. The van der Waals surface area contributed by atoms with Gasteiger partial charge < -0.3 is 34.4 Å². The van der Waals surface area contributed by atoms with Crippen LogP contribution in [0.15, 0.2) is 12.2 Å². The van der Waals surface area contributed by atoms with Crippen molar-refractivity contribution in [1.29, 1.82) is 0 Å². The van der Waals surface area contributed by atoms with E-state index in [1.807, 2.05) is 0 Å². The molecule has 15 heteroatoms. The molecule has 12 nitrogen and oxygen atoms in total. The highest BCUT2D eigenvalue weighted by atomic mass is 79.9. The summed E-state index contributed by atoms with van der Waals surface area (Å²) in [5.41, 5.74) is -1.68. The standard InChI is InChI=1S/C27H37Br3N2O10/c1-24(2,28)21(36)39-12-27(13-40-22(37)25(3,4)29,14-41-23(38)26(5,6)30)32-18(34)9-10-31-20(35)19-15(11-33)16-7-8-17(19)42-16/h7-8,11,15-17,19H,9-10,12-14H2,1-6H3,(H,31,35)(H,32,34)/t15-,16?,17?,19-/m1/s1. The number of halogens is 3. The summed E-state index contributed by atoms with van der Waals surface area (Å²) in [6, 6.07) is 0. The van der Waals surface area contributed by atoms with Crippen LogP contribution in [0.2, 0.25) is 0 Å². The number of amides is 2. The van der Waals surface area contributed by atoms with Gasteiger partial charge in [0.1, 0.15) is 44.6 Å². The molecule has 2 bridgehead atoms. The van der Waals surface area contributed by atoms with Crippen molar-refractivity contribution in [2.24, 2.45) is 11.8 Å². The Labute approximate surface area is 270 Å².